The molecule has 7 nitrogen and oxygen atoms in total. The molecule has 3 rings (SSSR count). The molecule has 0 radical (unpaired) electrons. The van der Waals surface area contributed by atoms with Crippen molar-refractivity contribution in [2.75, 3.05) is 6.79 Å². The maximum atomic E-state index is 11.1. The molecule has 0 aliphatic carbocycles. The summed E-state index contributed by atoms with van der Waals surface area (Å²) < 4.78 is 16.3. The second kappa shape index (κ2) is 6.39. The fourth-order valence-corrected chi connectivity index (χ4v) is 2.56. The Morgan fingerprint density at radius 1 is 1.43 bits per heavy atom. The summed E-state index contributed by atoms with van der Waals surface area (Å²) in [6.07, 6.45) is 0. The Morgan fingerprint density at radius 2 is 2.26 bits per heavy atom. The summed E-state index contributed by atoms with van der Waals surface area (Å²) in [6, 6.07) is 6.65. The Hall–Kier alpha value is -2.38. The molecule has 0 fully saturated rings. The van der Waals surface area contributed by atoms with Gasteiger partial charge >= 0.3 is 5.82 Å². The topological polar surface area (TPSA) is 83.7 Å². The molecule has 0 amide bonds. The highest BCUT2D eigenvalue weighted by molar-refractivity contribution is 6.30. The predicted octanol–water partition coefficient (Wildman–Crippen LogP) is 3.40. The Kier molecular flexibility index (Phi) is 4.31. The normalized spacial score (nSPS) is 13.1. The van der Waals surface area contributed by atoms with Crippen molar-refractivity contribution in [3.63, 3.8) is 0 Å². The lowest BCUT2D eigenvalue weighted by Crippen LogP contribution is -2.14. The number of nitrogens with zero attached hydrogens (tertiary/aromatic N) is 2. The van der Waals surface area contributed by atoms with Crippen LogP contribution in [0.25, 0.3) is 0 Å². The standard InChI is InChI=1S/C15H13ClN2O5/c1-9-2-3-13(15(17-9)18(19)20)22-7-11-5-12(16)4-10-6-21-8-23-14(10)11/h2-5H,6-8H2,1H3. The number of aromatic nitrogens is 1. The second-order valence-electron chi connectivity index (χ2n) is 4.98. The van der Waals surface area contributed by atoms with Gasteiger partial charge in [-0.25, -0.2) is 0 Å². The highest BCUT2D eigenvalue weighted by atomic mass is 35.5. The molecule has 1 aromatic heterocycles. The van der Waals surface area contributed by atoms with E-state index in [0.29, 0.717) is 28.6 Å². The zero-order valence-electron chi connectivity index (χ0n) is 12.2. The van der Waals surface area contributed by atoms with E-state index in [-0.39, 0.29) is 25.0 Å². The number of hydrogen-bond acceptors (Lipinski definition) is 6. The Labute approximate surface area is 136 Å². The minimum absolute atomic E-state index is 0.0779. The van der Waals surface area contributed by atoms with Gasteiger partial charge in [-0.05, 0) is 34.2 Å². The van der Waals surface area contributed by atoms with Gasteiger partial charge in [-0.15, -0.1) is 0 Å². The Morgan fingerprint density at radius 3 is 3.04 bits per heavy atom. The van der Waals surface area contributed by atoms with Crippen LogP contribution < -0.4 is 9.47 Å². The fraction of sp³-hybridized carbons (Fsp3) is 0.267. The van der Waals surface area contributed by atoms with Crippen molar-refractivity contribution in [3.05, 3.63) is 56.2 Å². The summed E-state index contributed by atoms with van der Waals surface area (Å²) in [6.45, 7) is 2.30. The van der Waals surface area contributed by atoms with Crippen molar-refractivity contribution < 1.29 is 19.1 Å². The van der Waals surface area contributed by atoms with E-state index in [2.05, 4.69) is 4.98 Å². The Balaban J connectivity index is 1.87. The monoisotopic (exact) mass is 336 g/mol. The zero-order chi connectivity index (χ0) is 16.4. The summed E-state index contributed by atoms with van der Waals surface area (Å²) in [5.41, 5.74) is 2.06. The first kappa shape index (κ1) is 15.5. The van der Waals surface area contributed by atoms with Gasteiger partial charge in [0, 0.05) is 23.1 Å². The van der Waals surface area contributed by atoms with Crippen molar-refractivity contribution in [3.8, 4) is 11.5 Å². The van der Waals surface area contributed by atoms with Crippen LogP contribution in [0.4, 0.5) is 5.82 Å². The van der Waals surface area contributed by atoms with Crippen LogP contribution in [0.15, 0.2) is 24.3 Å². The molecule has 1 aromatic carbocycles. The molecule has 1 aliphatic rings. The van der Waals surface area contributed by atoms with Crippen LogP contribution in [0, 0.1) is 17.0 Å². The van der Waals surface area contributed by atoms with E-state index < -0.39 is 4.92 Å². The largest absolute Gasteiger partial charge is 0.481 e. The SMILES string of the molecule is Cc1ccc(OCc2cc(Cl)cc3c2OCOC3)c([N+](=O)[O-])n1. The number of ether oxygens (including phenoxy) is 3. The van der Waals surface area contributed by atoms with Gasteiger partial charge in [-0.2, -0.15) is 0 Å². The number of halogens is 1. The maximum Gasteiger partial charge on any atom is 0.406 e. The molecule has 1 aliphatic heterocycles. The summed E-state index contributed by atoms with van der Waals surface area (Å²) in [4.78, 5) is 14.4. The lowest BCUT2D eigenvalue weighted by atomic mass is 10.1. The molecule has 0 atom stereocenters. The van der Waals surface area contributed by atoms with Crippen LogP contribution in [-0.4, -0.2) is 16.7 Å². The van der Waals surface area contributed by atoms with Crippen LogP contribution in [-0.2, 0) is 18.0 Å². The molecule has 0 saturated carbocycles. The summed E-state index contributed by atoms with van der Waals surface area (Å²) in [7, 11) is 0. The van der Waals surface area contributed by atoms with E-state index in [4.69, 9.17) is 25.8 Å². The highest BCUT2D eigenvalue weighted by Crippen LogP contribution is 2.33. The second-order valence-corrected chi connectivity index (χ2v) is 5.42. The average molecular weight is 337 g/mol. The van der Waals surface area contributed by atoms with E-state index in [0.717, 1.165) is 5.56 Å². The van der Waals surface area contributed by atoms with E-state index in [1.165, 1.54) is 6.07 Å². The molecule has 0 unspecified atom stereocenters. The molecule has 0 N–H and O–H groups in total. The number of fused-ring (bicyclic) bond motifs is 1. The van der Waals surface area contributed by atoms with Gasteiger partial charge in [0.15, 0.2) is 6.79 Å². The molecule has 23 heavy (non-hydrogen) atoms. The number of aryl methyl sites for hydroxylation is 1. The van der Waals surface area contributed by atoms with Gasteiger partial charge in [-0.1, -0.05) is 11.6 Å². The first-order valence-corrected chi connectivity index (χ1v) is 7.19. The fourth-order valence-electron chi connectivity index (χ4n) is 2.29. The number of hydrogen-bond donors (Lipinski definition) is 0. The van der Waals surface area contributed by atoms with Gasteiger partial charge in [-0.3, -0.25) is 0 Å². The molecule has 8 heteroatoms. The third-order valence-electron chi connectivity index (χ3n) is 3.29. The molecule has 2 aromatic rings. The highest BCUT2D eigenvalue weighted by Gasteiger charge is 2.20. The van der Waals surface area contributed by atoms with Gasteiger partial charge in [0.05, 0.1) is 6.61 Å². The smallest absolute Gasteiger partial charge is 0.406 e. The lowest BCUT2D eigenvalue weighted by molar-refractivity contribution is -0.390. The molecular formula is C15H13ClN2O5. The van der Waals surface area contributed by atoms with Crippen molar-refractivity contribution in [2.24, 2.45) is 0 Å². The van der Waals surface area contributed by atoms with E-state index in [1.807, 2.05) is 0 Å². The summed E-state index contributed by atoms with van der Waals surface area (Å²) >= 11 is 6.08. The Bertz CT molecular complexity index is 766. The zero-order valence-corrected chi connectivity index (χ0v) is 13.0. The first-order valence-electron chi connectivity index (χ1n) is 6.81. The molecule has 120 valence electrons. The van der Waals surface area contributed by atoms with Crippen LogP contribution in [0.1, 0.15) is 16.8 Å². The molecule has 0 spiro atoms. The van der Waals surface area contributed by atoms with Crippen molar-refractivity contribution in [1.29, 1.82) is 0 Å². The van der Waals surface area contributed by atoms with Crippen LogP contribution in [0.3, 0.4) is 0 Å². The third-order valence-corrected chi connectivity index (χ3v) is 3.50. The van der Waals surface area contributed by atoms with Crippen LogP contribution in [0.5, 0.6) is 11.5 Å². The molecule has 0 bridgehead atoms. The molecular weight excluding hydrogens is 324 g/mol. The maximum absolute atomic E-state index is 11.1. The first-order chi connectivity index (χ1) is 11.0. The van der Waals surface area contributed by atoms with Gasteiger partial charge in [0.25, 0.3) is 0 Å². The third kappa shape index (κ3) is 3.35. The summed E-state index contributed by atoms with van der Waals surface area (Å²) in [5.74, 6) is 0.426. The van der Waals surface area contributed by atoms with Crippen molar-refractivity contribution >= 4 is 17.4 Å². The van der Waals surface area contributed by atoms with Crippen molar-refractivity contribution in [2.45, 2.75) is 20.1 Å². The summed E-state index contributed by atoms with van der Waals surface area (Å²) in [5, 5.41) is 11.6. The van der Waals surface area contributed by atoms with Gasteiger partial charge in [0.1, 0.15) is 18.1 Å². The predicted molar refractivity (Wildman–Crippen MR) is 81.7 cm³/mol. The molecule has 0 saturated heterocycles. The number of nitro groups is 1. The van der Waals surface area contributed by atoms with Crippen molar-refractivity contribution in [1.82, 2.24) is 4.98 Å². The minimum atomic E-state index is -0.569. The number of rotatable bonds is 4. The van der Waals surface area contributed by atoms with Crippen LogP contribution >= 0.6 is 11.6 Å². The average Bonchev–Trinajstić information content (AvgIpc) is 2.53. The number of benzene rings is 1. The minimum Gasteiger partial charge on any atom is -0.481 e. The van der Waals surface area contributed by atoms with Crippen LogP contribution in [0.2, 0.25) is 5.02 Å². The lowest BCUT2D eigenvalue weighted by Gasteiger charge is -2.21. The van der Waals surface area contributed by atoms with Gasteiger partial charge < -0.3 is 24.3 Å². The van der Waals surface area contributed by atoms with E-state index >= 15 is 0 Å². The van der Waals surface area contributed by atoms with E-state index in [1.54, 1.807) is 25.1 Å². The molecule has 2 heterocycles. The van der Waals surface area contributed by atoms with E-state index in [9.17, 15) is 10.1 Å². The quantitative estimate of drug-likeness (QED) is 0.628. The number of pyridine rings is 1. The van der Waals surface area contributed by atoms with Gasteiger partial charge in [0.2, 0.25) is 5.75 Å².